The fourth-order valence-electron chi connectivity index (χ4n) is 4.59. The Morgan fingerprint density at radius 3 is 2.73 bits per heavy atom. The average molecular weight is 518 g/mol. The van der Waals surface area contributed by atoms with Gasteiger partial charge >= 0.3 is 5.97 Å². The van der Waals surface area contributed by atoms with Gasteiger partial charge in [-0.1, -0.05) is 35.6 Å². The van der Waals surface area contributed by atoms with Crippen LogP contribution in [-0.2, 0) is 9.53 Å². The van der Waals surface area contributed by atoms with E-state index in [1.807, 2.05) is 55.6 Å². The maximum atomic E-state index is 13.9. The highest BCUT2D eigenvalue weighted by Crippen LogP contribution is 2.36. The highest BCUT2D eigenvalue weighted by molar-refractivity contribution is 7.07. The third-order valence-electron chi connectivity index (χ3n) is 6.23. The van der Waals surface area contributed by atoms with Gasteiger partial charge in [-0.2, -0.15) is 0 Å². The SMILES string of the molecule is CCOC(=O)C1=C(C)N=c2sc(=Cc3c[nH]c4ccccc34)c(=O)n2[C@@H]1c1ccc(OC)c(OCC)c1. The lowest BCUT2D eigenvalue weighted by atomic mass is 9.95. The van der Waals surface area contributed by atoms with Crippen LogP contribution in [0.2, 0.25) is 0 Å². The number of hydrogen-bond acceptors (Lipinski definition) is 7. The molecule has 9 heteroatoms. The Morgan fingerprint density at radius 1 is 1.16 bits per heavy atom. The number of esters is 1. The molecule has 1 N–H and O–H groups in total. The van der Waals surface area contributed by atoms with E-state index in [4.69, 9.17) is 14.2 Å². The molecule has 0 saturated heterocycles. The summed E-state index contributed by atoms with van der Waals surface area (Å²) in [6.07, 6.45) is 3.75. The summed E-state index contributed by atoms with van der Waals surface area (Å²) in [5.41, 5.74) is 3.18. The highest BCUT2D eigenvalue weighted by Gasteiger charge is 2.34. The fraction of sp³-hybridized carbons (Fsp3) is 0.250. The quantitative estimate of drug-likeness (QED) is 0.378. The predicted molar refractivity (Wildman–Crippen MR) is 143 cm³/mol. The molecule has 1 atom stereocenters. The van der Waals surface area contributed by atoms with Gasteiger partial charge in [-0.25, -0.2) is 9.79 Å². The van der Waals surface area contributed by atoms with Crippen LogP contribution in [0.1, 0.15) is 37.9 Å². The van der Waals surface area contributed by atoms with Crippen molar-refractivity contribution in [2.24, 2.45) is 4.99 Å². The van der Waals surface area contributed by atoms with Crippen LogP contribution in [0.25, 0.3) is 17.0 Å². The van der Waals surface area contributed by atoms with Crippen molar-refractivity contribution in [2.45, 2.75) is 26.8 Å². The first kappa shape index (κ1) is 24.6. The van der Waals surface area contributed by atoms with Gasteiger partial charge in [0.05, 0.1) is 42.2 Å². The number of para-hydroxylation sites is 1. The topological polar surface area (TPSA) is 94.9 Å². The molecule has 0 bridgehead atoms. The highest BCUT2D eigenvalue weighted by atomic mass is 32.1. The number of benzene rings is 2. The van der Waals surface area contributed by atoms with E-state index >= 15 is 0 Å². The Hall–Kier alpha value is -4.11. The molecule has 3 heterocycles. The summed E-state index contributed by atoms with van der Waals surface area (Å²) in [4.78, 5) is 35.4. The van der Waals surface area contributed by atoms with Crippen molar-refractivity contribution < 1.29 is 19.0 Å². The van der Waals surface area contributed by atoms with Gasteiger partial charge in [-0.3, -0.25) is 9.36 Å². The second kappa shape index (κ2) is 10.1. The number of nitrogens with zero attached hydrogens (tertiary/aromatic N) is 2. The number of aromatic nitrogens is 2. The smallest absolute Gasteiger partial charge is 0.338 e. The molecule has 0 spiro atoms. The molecule has 4 aromatic rings. The zero-order valence-electron chi connectivity index (χ0n) is 21.0. The minimum Gasteiger partial charge on any atom is -0.493 e. The monoisotopic (exact) mass is 517 g/mol. The van der Waals surface area contributed by atoms with Crippen LogP contribution in [0.4, 0.5) is 0 Å². The molecule has 2 aromatic carbocycles. The van der Waals surface area contributed by atoms with E-state index in [1.165, 1.54) is 11.3 Å². The molecule has 0 aliphatic carbocycles. The van der Waals surface area contributed by atoms with Gasteiger partial charge in [0, 0.05) is 22.7 Å². The number of methoxy groups -OCH3 is 1. The van der Waals surface area contributed by atoms with Gasteiger partial charge in [0.15, 0.2) is 16.3 Å². The molecule has 0 fully saturated rings. The van der Waals surface area contributed by atoms with E-state index in [-0.39, 0.29) is 12.2 Å². The molecule has 0 amide bonds. The molecule has 37 heavy (non-hydrogen) atoms. The zero-order chi connectivity index (χ0) is 26.1. The van der Waals surface area contributed by atoms with Gasteiger partial charge in [-0.15, -0.1) is 0 Å². The number of nitrogens with one attached hydrogen (secondary N) is 1. The molecule has 2 aromatic heterocycles. The summed E-state index contributed by atoms with van der Waals surface area (Å²) in [5, 5.41) is 1.02. The van der Waals surface area contributed by atoms with Gasteiger partial charge < -0.3 is 19.2 Å². The van der Waals surface area contributed by atoms with Crippen molar-refractivity contribution in [2.75, 3.05) is 20.3 Å². The fourth-order valence-corrected chi connectivity index (χ4v) is 5.63. The van der Waals surface area contributed by atoms with Crippen LogP contribution in [0.3, 0.4) is 0 Å². The molecular formula is C28H27N3O5S. The molecule has 0 radical (unpaired) electrons. The number of carbonyl (C=O) groups is 1. The van der Waals surface area contributed by atoms with Gasteiger partial charge in [0.2, 0.25) is 0 Å². The summed E-state index contributed by atoms with van der Waals surface area (Å²) in [7, 11) is 1.57. The number of fused-ring (bicyclic) bond motifs is 2. The summed E-state index contributed by atoms with van der Waals surface area (Å²) < 4.78 is 18.7. The zero-order valence-corrected chi connectivity index (χ0v) is 21.8. The maximum Gasteiger partial charge on any atom is 0.338 e. The molecule has 190 valence electrons. The lowest BCUT2D eigenvalue weighted by Gasteiger charge is -2.25. The van der Waals surface area contributed by atoms with Crippen molar-refractivity contribution in [3.8, 4) is 11.5 Å². The maximum absolute atomic E-state index is 13.9. The minimum absolute atomic E-state index is 0.208. The van der Waals surface area contributed by atoms with E-state index in [9.17, 15) is 9.59 Å². The molecular weight excluding hydrogens is 490 g/mol. The van der Waals surface area contributed by atoms with E-state index < -0.39 is 12.0 Å². The number of carbonyl (C=O) groups excluding carboxylic acids is 1. The molecule has 0 saturated carbocycles. The van der Waals surface area contributed by atoms with E-state index in [2.05, 4.69) is 9.98 Å². The Balaban J connectivity index is 1.74. The van der Waals surface area contributed by atoms with Crippen LogP contribution in [0, 0.1) is 0 Å². The lowest BCUT2D eigenvalue weighted by molar-refractivity contribution is -0.139. The number of ether oxygens (including phenoxy) is 3. The van der Waals surface area contributed by atoms with Crippen LogP contribution < -0.4 is 24.4 Å². The second-order valence-electron chi connectivity index (χ2n) is 8.44. The van der Waals surface area contributed by atoms with Gasteiger partial charge in [0.1, 0.15) is 0 Å². The van der Waals surface area contributed by atoms with Crippen molar-refractivity contribution in [3.05, 3.63) is 90.7 Å². The van der Waals surface area contributed by atoms with Crippen molar-refractivity contribution >= 4 is 34.3 Å². The van der Waals surface area contributed by atoms with Crippen molar-refractivity contribution in [3.63, 3.8) is 0 Å². The first-order valence-corrected chi connectivity index (χ1v) is 12.8. The Bertz CT molecular complexity index is 1710. The number of aromatic amines is 1. The Kier molecular flexibility index (Phi) is 6.71. The van der Waals surface area contributed by atoms with E-state index in [0.717, 1.165) is 16.5 Å². The van der Waals surface area contributed by atoms with Gasteiger partial charge in [0.25, 0.3) is 5.56 Å². The number of rotatable bonds is 7. The number of allylic oxidation sites excluding steroid dienone is 1. The summed E-state index contributed by atoms with van der Waals surface area (Å²) in [5.74, 6) is 0.588. The third-order valence-corrected chi connectivity index (χ3v) is 7.21. The lowest BCUT2D eigenvalue weighted by Crippen LogP contribution is -2.40. The van der Waals surface area contributed by atoms with Crippen LogP contribution in [0.5, 0.6) is 11.5 Å². The number of thiazole rings is 1. The predicted octanol–water partition coefficient (Wildman–Crippen LogP) is 3.69. The molecule has 1 aliphatic rings. The molecule has 0 unspecified atom stereocenters. The number of hydrogen-bond donors (Lipinski definition) is 1. The van der Waals surface area contributed by atoms with Crippen LogP contribution in [0.15, 0.2) is 69.7 Å². The standard InChI is InChI=1S/C28H27N3O5S/c1-5-35-22-13-17(11-12-21(22)34-4)25-24(27(33)36-6-2)16(3)30-28-31(25)26(32)23(37-28)14-18-15-29-20-10-8-7-9-19(18)20/h7-15,25,29H,5-6H2,1-4H3/t25-/m1/s1. The van der Waals surface area contributed by atoms with Crippen LogP contribution >= 0.6 is 11.3 Å². The Morgan fingerprint density at radius 2 is 1.97 bits per heavy atom. The normalized spacial score (nSPS) is 15.5. The van der Waals surface area contributed by atoms with Crippen molar-refractivity contribution in [1.82, 2.24) is 9.55 Å². The van der Waals surface area contributed by atoms with E-state index in [1.54, 1.807) is 31.6 Å². The number of H-pyrrole nitrogens is 1. The average Bonchev–Trinajstić information content (AvgIpc) is 3.44. The summed E-state index contributed by atoms with van der Waals surface area (Å²) >= 11 is 1.29. The van der Waals surface area contributed by atoms with Gasteiger partial charge in [-0.05, 0) is 50.6 Å². The molecule has 5 rings (SSSR count). The summed E-state index contributed by atoms with van der Waals surface area (Å²) in [6, 6.07) is 12.6. The Labute approximate surface area is 217 Å². The minimum atomic E-state index is -0.731. The first-order chi connectivity index (χ1) is 18.0. The summed E-state index contributed by atoms with van der Waals surface area (Å²) in [6.45, 7) is 6.05. The largest absolute Gasteiger partial charge is 0.493 e. The molecule has 8 nitrogen and oxygen atoms in total. The van der Waals surface area contributed by atoms with E-state index in [0.29, 0.717) is 44.3 Å². The van der Waals surface area contributed by atoms with Crippen molar-refractivity contribution in [1.29, 1.82) is 0 Å². The second-order valence-corrected chi connectivity index (χ2v) is 9.44. The molecule has 1 aliphatic heterocycles. The van der Waals surface area contributed by atoms with Crippen LogP contribution in [-0.4, -0.2) is 35.8 Å². The third kappa shape index (κ3) is 4.35. The first-order valence-electron chi connectivity index (χ1n) is 12.0.